The third kappa shape index (κ3) is 4.70. The Bertz CT molecular complexity index is 1030. The number of nitrogens with zero attached hydrogens (tertiary/aromatic N) is 2. The Morgan fingerprint density at radius 2 is 2.04 bits per heavy atom. The van der Waals surface area contributed by atoms with Gasteiger partial charge in [0, 0.05) is 36.2 Å². The summed E-state index contributed by atoms with van der Waals surface area (Å²) >= 11 is 3.01. The molecule has 0 aliphatic heterocycles. The van der Waals surface area contributed by atoms with E-state index in [1.807, 2.05) is 41.1 Å². The first-order valence-corrected chi connectivity index (χ1v) is 10.5. The van der Waals surface area contributed by atoms with Crippen LogP contribution in [0.1, 0.15) is 11.8 Å². The Labute approximate surface area is 171 Å². The van der Waals surface area contributed by atoms with Gasteiger partial charge in [-0.05, 0) is 24.4 Å². The molecule has 28 heavy (non-hydrogen) atoms. The van der Waals surface area contributed by atoms with Crippen LogP contribution in [0.5, 0.6) is 11.5 Å². The van der Waals surface area contributed by atoms with E-state index in [-0.39, 0.29) is 5.91 Å². The van der Waals surface area contributed by atoms with Crippen LogP contribution >= 0.6 is 22.7 Å². The average molecular weight is 419 g/mol. The van der Waals surface area contributed by atoms with E-state index in [0.717, 1.165) is 15.1 Å². The Morgan fingerprint density at radius 1 is 1.25 bits per heavy atom. The number of methoxy groups -OCH3 is 2. The molecule has 0 saturated heterocycles. The number of rotatable bonds is 8. The Balaban J connectivity index is 2.03. The summed E-state index contributed by atoms with van der Waals surface area (Å²) in [6.45, 7) is 3.70. The number of carbonyl (C=O) groups is 1. The van der Waals surface area contributed by atoms with Crippen molar-refractivity contribution in [3.05, 3.63) is 45.4 Å². The summed E-state index contributed by atoms with van der Waals surface area (Å²) in [5, 5.41) is 1.97. The number of carbonyl (C=O) groups excluding carboxylic acids is 1. The Hall–Kier alpha value is -2.42. The fourth-order valence-electron chi connectivity index (χ4n) is 2.67. The third-order valence-electron chi connectivity index (χ3n) is 3.99. The monoisotopic (exact) mass is 418 g/mol. The standard InChI is InChI=1S/C20H22N2O4S2/c1-4-26-10-9-22-15-12-16(24-2)17(25-3)13-18(15)28-20(22)21-19(23)8-7-14-6-5-11-27-14/h5-8,11-13H,4,9-10H2,1-3H3/b8-7+,21-20?. The fourth-order valence-corrected chi connectivity index (χ4v) is 4.36. The molecule has 0 N–H and O–H groups in total. The fraction of sp³-hybridized carbons (Fsp3) is 0.300. The zero-order valence-corrected chi connectivity index (χ0v) is 17.6. The summed E-state index contributed by atoms with van der Waals surface area (Å²) < 4.78 is 19.3. The van der Waals surface area contributed by atoms with Gasteiger partial charge in [0.15, 0.2) is 16.3 Å². The van der Waals surface area contributed by atoms with Crippen LogP contribution in [-0.2, 0) is 16.1 Å². The van der Waals surface area contributed by atoms with Crippen molar-refractivity contribution < 1.29 is 19.0 Å². The minimum atomic E-state index is -0.302. The summed E-state index contributed by atoms with van der Waals surface area (Å²) in [6.07, 6.45) is 3.27. The minimum Gasteiger partial charge on any atom is -0.493 e. The van der Waals surface area contributed by atoms with E-state index in [1.54, 1.807) is 31.6 Å². The second kappa shape index (κ2) is 9.68. The van der Waals surface area contributed by atoms with Crippen LogP contribution in [0.25, 0.3) is 16.3 Å². The van der Waals surface area contributed by atoms with Crippen LogP contribution in [0.3, 0.4) is 0 Å². The Morgan fingerprint density at radius 3 is 2.71 bits per heavy atom. The molecule has 1 amide bonds. The van der Waals surface area contributed by atoms with Gasteiger partial charge in [-0.3, -0.25) is 4.79 Å². The maximum Gasteiger partial charge on any atom is 0.272 e. The van der Waals surface area contributed by atoms with Crippen molar-refractivity contribution in [3.8, 4) is 11.5 Å². The van der Waals surface area contributed by atoms with Crippen molar-refractivity contribution in [2.75, 3.05) is 27.4 Å². The lowest BCUT2D eigenvalue weighted by molar-refractivity contribution is -0.113. The maximum atomic E-state index is 12.4. The number of thiazole rings is 1. The molecule has 0 aliphatic carbocycles. The van der Waals surface area contributed by atoms with Gasteiger partial charge < -0.3 is 18.8 Å². The summed E-state index contributed by atoms with van der Waals surface area (Å²) in [6, 6.07) is 7.71. The molecule has 0 radical (unpaired) electrons. The largest absolute Gasteiger partial charge is 0.493 e. The molecule has 0 saturated carbocycles. The lowest BCUT2D eigenvalue weighted by Crippen LogP contribution is -2.19. The van der Waals surface area contributed by atoms with Crippen LogP contribution in [0.4, 0.5) is 0 Å². The van der Waals surface area contributed by atoms with Gasteiger partial charge in [0.05, 0.1) is 31.0 Å². The maximum absolute atomic E-state index is 12.4. The molecule has 0 aliphatic rings. The van der Waals surface area contributed by atoms with E-state index >= 15 is 0 Å². The molecule has 0 atom stereocenters. The Kier molecular flexibility index (Phi) is 7.02. The van der Waals surface area contributed by atoms with E-state index in [2.05, 4.69) is 4.99 Å². The number of fused-ring (bicyclic) bond motifs is 1. The lowest BCUT2D eigenvalue weighted by Gasteiger charge is -2.09. The van der Waals surface area contributed by atoms with Gasteiger partial charge in [0.1, 0.15) is 0 Å². The zero-order chi connectivity index (χ0) is 19.9. The SMILES string of the molecule is CCOCCn1c(=NC(=O)/C=C/c2cccs2)sc2cc(OC)c(OC)cc21. The molecule has 3 rings (SSSR count). The van der Waals surface area contributed by atoms with Gasteiger partial charge >= 0.3 is 0 Å². The van der Waals surface area contributed by atoms with Crippen molar-refractivity contribution in [3.63, 3.8) is 0 Å². The van der Waals surface area contributed by atoms with Crippen LogP contribution in [0.2, 0.25) is 0 Å². The quantitative estimate of drug-likeness (QED) is 0.410. The summed E-state index contributed by atoms with van der Waals surface area (Å²) in [7, 11) is 3.20. The lowest BCUT2D eigenvalue weighted by atomic mass is 10.3. The summed E-state index contributed by atoms with van der Waals surface area (Å²) in [4.78, 5) is 18.3. The van der Waals surface area contributed by atoms with Gasteiger partial charge in [0.2, 0.25) is 0 Å². The van der Waals surface area contributed by atoms with Crippen molar-refractivity contribution in [2.45, 2.75) is 13.5 Å². The molecule has 0 spiro atoms. The molecule has 2 aromatic heterocycles. The van der Waals surface area contributed by atoms with E-state index in [4.69, 9.17) is 14.2 Å². The molecular weight excluding hydrogens is 396 g/mol. The van der Waals surface area contributed by atoms with Gasteiger partial charge in [-0.1, -0.05) is 17.4 Å². The molecule has 0 fully saturated rings. The number of thiophene rings is 1. The molecule has 1 aromatic carbocycles. The molecule has 8 heteroatoms. The first-order chi connectivity index (χ1) is 13.7. The highest BCUT2D eigenvalue weighted by Gasteiger charge is 2.13. The van der Waals surface area contributed by atoms with Gasteiger partial charge in [-0.25, -0.2) is 0 Å². The first-order valence-electron chi connectivity index (χ1n) is 8.79. The first kappa shape index (κ1) is 20.3. The number of ether oxygens (including phenoxy) is 3. The molecule has 2 heterocycles. The second-order valence-electron chi connectivity index (χ2n) is 5.71. The number of hydrogen-bond donors (Lipinski definition) is 0. The van der Waals surface area contributed by atoms with E-state index in [1.165, 1.54) is 17.4 Å². The highest BCUT2D eigenvalue weighted by Crippen LogP contribution is 2.33. The van der Waals surface area contributed by atoms with Crippen molar-refractivity contribution in [2.24, 2.45) is 4.99 Å². The predicted molar refractivity (Wildman–Crippen MR) is 113 cm³/mol. The third-order valence-corrected chi connectivity index (χ3v) is 5.87. The van der Waals surface area contributed by atoms with Gasteiger partial charge in [0.25, 0.3) is 5.91 Å². The minimum absolute atomic E-state index is 0.302. The number of amides is 1. The van der Waals surface area contributed by atoms with E-state index in [0.29, 0.717) is 36.1 Å². The molecule has 3 aromatic rings. The van der Waals surface area contributed by atoms with Gasteiger partial charge in [-0.15, -0.1) is 11.3 Å². The summed E-state index contributed by atoms with van der Waals surface area (Å²) in [5.41, 5.74) is 0.927. The van der Waals surface area contributed by atoms with Crippen molar-refractivity contribution >= 4 is 44.9 Å². The topological polar surface area (TPSA) is 62.1 Å². The van der Waals surface area contributed by atoms with Crippen molar-refractivity contribution in [1.29, 1.82) is 0 Å². The number of hydrogen-bond acceptors (Lipinski definition) is 6. The van der Waals surface area contributed by atoms with Crippen molar-refractivity contribution in [1.82, 2.24) is 4.57 Å². The normalized spacial score (nSPS) is 12.2. The number of aromatic nitrogens is 1. The smallest absolute Gasteiger partial charge is 0.272 e. The second-order valence-corrected chi connectivity index (χ2v) is 7.70. The average Bonchev–Trinajstić information content (AvgIpc) is 3.33. The predicted octanol–water partition coefficient (Wildman–Crippen LogP) is 3.96. The molecule has 0 bridgehead atoms. The zero-order valence-electron chi connectivity index (χ0n) is 16.0. The van der Waals surface area contributed by atoms with E-state index in [9.17, 15) is 4.79 Å². The summed E-state index contributed by atoms with van der Waals surface area (Å²) in [5.74, 6) is 0.973. The highest BCUT2D eigenvalue weighted by atomic mass is 32.1. The van der Waals surface area contributed by atoms with Gasteiger partial charge in [-0.2, -0.15) is 4.99 Å². The van der Waals surface area contributed by atoms with Crippen LogP contribution in [0, 0.1) is 0 Å². The highest BCUT2D eigenvalue weighted by molar-refractivity contribution is 7.16. The van der Waals surface area contributed by atoms with E-state index < -0.39 is 0 Å². The molecule has 148 valence electrons. The molecule has 0 unspecified atom stereocenters. The number of benzene rings is 1. The van der Waals surface area contributed by atoms with Crippen LogP contribution in [-0.4, -0.2) is 37.9 Å². The molecule has 6 nitrogen and oxygen atoms in total. The van der Waals surface area contributed by atoms with Crippen LogP contribution < -0.4 is 14.3 Å². The van der Waals surface area contributed by atoms with Crippen LogP contribution in [0.15, 0.2) is 40.7 Å². The molecular formula is C20H22N2O4S2.